The Labute approximate surface area is 398 Å². The average molecular weight is 880 g/mol. The molecule has 0 radical (unpaired) electrons. The molecule has 0 saturated heterocycles. The molecule has 15 rings (SSSR count). The third kappa shape index (κ3) is 5.30. The highest BCUT2D eigenvalue weighted by Gasteiger charge is 2.53. The molecular formula is C64H41N5. The fraction of sp³-hybridized carbons (Fsp3) is 0.0312. The average Bonchev–Trinajstić information content (AvgIpc) is 4.13. The zero-order valence-electron chi connectivity index (χ0n) is 37.4. The van der Waals surface area contributed by atoms with Crippen molar-refractivity contribution in [3.8, 4) is 33.6 Å². The lowest BCUT2D eigenvalue weighted by Crippen LogP contribution is -2.36. The van der Waals surface area contributed by atoms with Crippen LogP contribution in [0.2, 0.25) is 0 Å². The lowest BCUT2D eigenvalue weighted by Gasteiger charge is -2.34. The van der Waals surface area contributed by atoms with Gasteiger partial charge in [0.05, 0.1) is 27.5 Å². The second-order valence-corrected chi connectivity index (χ2v) is 18.5. The van der Waals surface area contributed by atoms with Gasteiger partial charge in [0.25, 0.3) is 0 Å². The van der Waals surface area contributed by atoms with E-state index in [-0.39, 0.29) is 0 Å². The largest absolute Gasteiger partial charge is 0.344 e. The van der Waals surface area contributed by atoms with Crippen LogP contribution >= 0.6 is 0 Å². The van der Waals surface area contributed by atoms with Crippen LogP contribution in [0.3, 0.4) is 0 Å². The summed E-state index contributed by atoms with van der Waals surface area (Å²) in [7, 11) is 0. The predicted molar refractivity (Wildman–Crippen MR) is 283 cm³/mol. The van der Waals surface area contributed by atoms with Gasteiger partial charge < -0.3 is 14.5 Å². The highest BCUT2D eigenvalue weighted by Crippen LogP contribution is 2.64. The van der Waals surface area contributed by atoms with Crippen molar-refractivity contribution in [1.82, 2.24) is 14.5 Å². The quantitative estimate of drug-likeness (QED) is 0.184. The Morgan fingerprint density at radius 2 is 0.826 bits per heavy atom. The molecule has 5 heteroatoms. The predicted octanol–water partition coefficient (Wildman–Crippen LogP) is 14.7. The molecule has 1 spiro atoms. The van der Waals surface area contributed by atoms with Gasteiger partial charge in [-0.3, -0.25) is 0 Å². The van der Waals surface area contributed by atoms with Crippen LogP contribution in [0, 0.1) is 0 Å². The molecule has 3 heterocycles. The first-order chi connectivity index (χ1) is 34.2. The second-order valence-electron chi connectivity index (χ2n) is 18.5. The first kappa shape index (κ1) is 38.1. The molecule has 5 nitrogen and oxygen atoms in total. The summed E-state index contributed by atoms with van der Waals surface area (Å²) >= 11 is 0. The van der Waals surface area contributed by atoms with Crippen molar-refractivity contribution >= 4 is 55.3 Å². The van der Waals surface area contributed by atoms with Crippen LogP contribution in [-0.4, -0.2) is 20.8 Å². The van der Waals surface area contributed by atoms with Gasteiger partial charge in [-0.05, 0) is 117 Å². The van der Waals surface area contributed by atoms with Gasteiger partial charge in [0, 0.05) is 49.6 Å². The smallest absolute Gasteiger partial charge is 0.159 e. The van der Waals surface area contributed by atoms with Gasteiger partial charge in [0.2, 0.25) is 0 Å². The molecule has 0 amide bonds. The summed E-state index contributed by atoms with van der Waals surface area (Å²) in [5, 5.41) is 8.70. The van der Waals surface area contributed by atoms with E-state index in [0.717, 1.165) is 55.8 Å². The number of nitrogens with zero attached hydrogens (tertiary/aromatic N) is 4. The van der Waals surface area contributed by atoms with E-state index in [1.165, 1.54) is 66.2 Å². The Morgan fingerprint density at radius 3 is 1.41 bits per heavy atom. The minimum atomic E-state index is -0.543. The van der Waals surface area contributed by atoms with E-state index >= 15 is 0 Å². The number of hydrogen-bond acceptors (Lipinski definition) is 3. The van der Waals surface area contributed by atoms with Crippen LogP contribution in [0.5, 0.6) is 0 Å². The maximum absolute atomic E-state index is 5.72. The number of fused-ring (bicyclic) bond motifs is 16. The Hall–Kier alpha value is -9.06. The highest BCUT2D eigenvalue weighted by atomic mass is 15.2. The number of amidine groups is 2. The van der Waals surface area contributed by atoms with E-state index in [0.29, 0.717) is 5.84 Å². The van der Waals surface area contributed by atoms with Crippen LogP contribution in [0.15, 0.2) is 247 Å². The lowest BCUT2D eigenvalue weighted by atomic mass is 9.69. The van der Waals surface area contributed by atoms with Crippen molar-refractivity contribution in [3.05, 3.63) is 276 Å². The number of hydrogen-bond donors (Lipinski definition) is 1. The first-order valence-corrected chi connectivity index (χ1v) is 23.8. The van der Waals surface area contributed by atoms with E-state index in [2.05, 4.69) is 251 Å². The molecule has 1 atom stereocenters. The maximum Gasteiger partial charge on any atom is 0.159 e. The molecule has 2 aromatic heterocycles. The minimum Gasteiger partial charge on any atom is -0.344 e. The van der Waals surface area contributed by atoms with Crippen LogP contribution in [0.4, 0.5) is 0 Å². The number of para-hydroxylation sites is 4. The Kier molecular flexibility index (Phi) is 7.99. The first-order valence-electron chi connectivity index (χ1n) is 23.8. The Balaban J connectivity index is 0.973. The normalized spacial score (nSPS) is 15.2. The molecule has 1 unspecified atom stereocenters. The van der Waals surface area contributed by atoms with Crippen molar-refractivity contribution in [2.45, 2.75) is 11.6 Å². The van der Waals surface area contributed by atoms with Crippen molar-refractivity contribution in [2.75, 3.05) is 0 Å². The van der Waals surface area contributed by atoms with Crippen molar-refractivity contribution in [3.63, 3.8) is 0 Å². The zero-order chi connectivity index (χ0) is 45.2. The van der Waals surface area contributed by atoms with Crippen molar-refractivity contribution < 1.29 is 0 Å². The molecule has 10 aromatic carbocycles. The molecule has 1 aliphatic heterocycles. The molecular weight excluding hydrogens is 839 g/mol. The van der Waals surface area contributed by atoms with Gasteiger partial charge in [0.1, 0.15) is 12.0 Å². The van der Waals surface area contributed by atoms with Gasteiger partial charge in [-0.25, -0.2) is 9.98 Å². The van der Waals surface area contributed by atoms with E-state index in [4.69, 9.17) is 9.98 Å². The highest BCUT2D eigenvalue weighted by molar-refractivity contribution is 6.18. The van der Waals surface area contributed by atoms with Gasteiger partial charge in [-0.1, -0.05) is 164 Å². The third-order valence-electron chi connectivity index (χ3n) is 15.0. The number of rotatable bonds is 5. The van der Waals surface area contributed by atoms with Crippen LogP contribution in [0.25, 0.3) is 77.2 Å². The second kappa shape index (κ2) is 14.5. The number of aromatic nitrogens is 2. The summed E-state index contributed by atoms with van der Waals surface area (Å²) in [5.41, 5.74) is 19.7. The van der Waals surface area contributed by atoms with Crippen LogP contribution in [0.1, 0.15) is 45.1 Å². The van der Waals surface area contributed by atoms with Gasteiger partial charge in [-0.2, -0.15) is 0 Å². The summed E-state index contributed by atoms with van der Waals surface area (Å²) in [5.74, 6) is 1.47. The fourth-order valence-corrected chi connectivity index (χ4v) is 12.2. The van der Waals surface area contributed by atoms with Crippen molar-refractivity contribution in [2.24, 2.45) is 9.98 Å². The van der Waals surface area contributed by atoms with E-state index in [9.17, 15) is 0 Å². The summed E-state index contributed by atoms with van der Waals surface area (Å²) in [6, 6.07) is 86.1. The Morgan fingerprint density at radius 1 is 0.377 bits per heavy atom. The summed E-state index contributed by atoms with van der Waals surface area (Å²) in [6.45, 7) is 0. The van der Waals surface area contributed by atoms with Crippen LogP contribution in [-0.2, 0) is 5.41 Å². The Bertz CT molecular complexity index is 4110. The molecule has 3 aliphatic rings. The molecule has 0 fully saturated rings. The number of aliphatic imine (C=N–C) groups is 2. The topological polar surface area (TPSA) is 46.6 Å². The van der Waals surface area contributed by atoms with E-state index < -0.39 is 11.6 Å². The number of benzene rings is 10. The molecule has 12 aromatic rings. The van der Waals surface area contributed by atoms with E-state index in [1.54, 1.807) is 0 Å². The zero-order valence-corrected chi connectivity index (χ0v) is 37.4. The molecule has 69 heavy (non-hydrogen) atoms. The van der Waals surface area contributed by atoms with Crippen LogP contribution < -0.4 is 5.32 Å². The van der Waals surface area contributed by atoms with Gasteiger partial charge in [0.15, 0.2) is 5.84 Å². The molecule has 0 saturated carbocycles. The summed E-state index contributed by atoms with van der Waals surface area (Å²) < 4.78 is 4.72. The summed E-state index contributed by atoms with van der Waals surface area (Å²) in [4.78, 5) is 11.3. The van der Waals surface area contributed by atoms with Crippen molar-refractivity contribution in [1.29, 1.82) is 0 Å². The van der Waals surface area contributed by atoms with Gasteiger partial charge in [-0.15, -0.1) is 0 Å². The van der Waals surface area contributed by atoms with E-state index in [1.807, 2.05) is 0 Å². The lowest BCUT2D eigenvalue weighted by molar-refractivity contribution is 0.650. The fourth-order valence-electron chi connectivity index (χ4n) is 12.2. The SMILES string of the molecule is c1ccc(-n2c3ccccc3c3cc(C4=NC(c5cccc6c5C5(c7ccccc7-c7ccccc75)c5ccccc5-6)NC(c5ccc6c(c5)c5ccccc5n6-c5ccccc5)=N4)ccc32)cc1. The monoisotopic (exact) mass is 879 g/mol. The molecule has 2 aliphatic carbocycles. The standard InChI is InChI=1S/C64H41N5/c1-3-18-42(19-4-1)68-56-32-15-10-25-47(56)51-38-40(34-36-58(51)68)61-65-62(41-35-37-59-52(39-41)48-26-11-16-33-57(48)69(59)43-20-5-2-6-21-43)67-63(66-61)50-28-17-27-49-46-24-9-14-31-55(46)64(60(49)50)53-29-12-7-22-44(53)45-23-8-13-30-54(45)64/h1-39,63H,(H,65,66,67). The summed E-state index contributed by atoms with van der Waals surface area (Å²) in [6.07, 6.45) is -0.476. The minimum absolute atomic E-state index is 0.476. The maximum atomic E-state index is 5.72. The molecule has 0 bridgehead atoms. The molecule has 1 N–H and O–H groups in total. The third-order valence-corrected chi connectivity index (χ3v) is 15.0. The van der Waals surface area contributed by atoms with Gasteiger partial charge >= 0.3 is 0 Å². The molecule has 322 valence electrons. The number of nitrogens with one attached hydrogen (secondary N) is 1.